The molecule has 0 fully saturated rings. The fourth-order valence-electron chi connectivity index (χ4n) is 1.54. The van der Waals surface area contributed by atoms with Gasteiger partial charge in [-0.15, -0.1) is 0 Å². The van der Waals surface area contributed by atoms with Crippen LogP contribution in [0.25, 0.3) is 11.3 Å². The molecule has 0 atom stereocenters. The summed E-state index contributed by atoms with van der Waals surface area (Å²) in [6, 6.07) is 1.79. The summed E-state index contributed by atoms with van der Waals surface area (Å²) in [6.07, 6.45) is 6.59. The Hall–Kier alpha value is -1.64. The van der Waals surface area contributed by atoms with E-state index in [0.717, 1.165) is 5.56 Å². The minimum Gasteiger partial charge on any atom is -0.286 e. The van der Waals surface area contributed by atoms with Gasteiger partial charge in [0.1, 0.15) is 11.3 Å². The zero-order valence-electron chi connectivity index (χ0n) is 10.3. The van der Waals surface area contributed by atoms with Crippen LogP contribution in [0.5, 0.6) is 0 Å². The lowest BCUT2D eigenvalue weighted by molar-refractivity contribution is -0.753. The van der Waals surface area contributed by atoms with E-state index in [0.29, 0.717) is 17.4 Å². The van der Waals surface area contributed by atoms with Crippen molar-refractivity contribution in [1.29, 1.82) is 0 Å². The van der Waals surface area contributed by atoms with Crippen molar-refractivity contribution in [1.82, 2.24) is 15.1 Å². The molecule has 0 spiro atoms. The summed E-state index contributed by atoms with van der Waals surface area (Å²) in [5.41, 5.74) is 1.42. The van der Waals surface area contributed by atoms with Crippen molar-refractivity contribution in [3.8, 4) is 11.3 Å². The molecular weight excluding hydrogens is 304 g/mol. The van der Waals surface area contributed by atoms with E-state index in [1.165, 1.54) is 6.20 Å². The summed E-state index contributed by atoms with van der Waals surface area (Å²) < 4.78 is 31.4. The van der Waals surface area contributed by atoms with Crippen molar-refractivity contribution in [3.05, 3.63) is 36.0 Å². The average Bonchev–Trinajstić information content (AvgIpc) is 2.39. The number of nitrogens with zero attached hydrogens (tertiary/aromatic N) is 4. The second-order valence-corrected chi connectivity index (χ2v) is 6.00. The highest BCUT2D eigenvalue weighted by Gasteiger charge is 2.09. The molecule has 0 saturated heterocycles. The lowest BCUT2D eigenvalue weighted by atomic mass is 10.2. The molecule has 7 nitrogen and oxygen atoms in total. The third-order valence-corrected chi connectivity index (χ3v) is 3.48. The van der Waals surface area contributed by atoms with E-state index in [4.69, 9.17) is 16.2 Å². The van der Waals surface area contributed by atoms with E-state index in [1.54, 1.807) is 29.3 Å². The number of aromatic nitrogens is 4. The van der Waals surface area contributed by atoms with Crippen molar-refractivity contribution in [2.75, 3.05) is 5.75 Å². The van der Waals surface area contributed by atoms with Crippen LogP contribution >= 0.6 is 11.6 Å². The van der Waals surface area contributed by atoms with Gasteiger partial charge in [-0.05, 0) is 5.10 Å². The first-order chi connectivity index (χ1) is 9.44. The molecule has 2 heterocycles. The van der Waals surface area contributed by atoms with Crippen LogP contribution in [-0.2, 0) is 16.7 Å². The van der Waals surface area contributed by atoms with Crippen LogP contribution < -0.4 is 4.68 Å². The maximum Gasteiger partial charge on any atom is 0.265 e. The van der Waals surface area contributed by atoms with Gasteiger partial charge in [-0.25, -0.2) is 4.98 Å². The topological polar surface area (TPSA) is 96.9 Å². The Morgan fingerprint density at radius 1 is 1.25 bits per heavy atom. The van der Waals surface area contributed by atoms with Crippen LogP contribution in [0.4, 0.5) is 0 Å². The van der Waals surface area contributed by atoms with Crippen LogP contribution in [0.3, 0.4) is 0 Å². The largest absolute Gasteiger partial charge is 0.286 e. The standard InChI is InChI=1S/C11H11ClN4O3S/c12-11-8-13-10(7-14-11)9-2-4-16(15-6-9)3-1-5-20(17,18)19/h2,4,6-8H,1,3,5H2/p+1. The van der Waals surface area contributed by atoms with E-state index < -0.39 is 10.1 Å². The van der Waals surface area contributed by atoms with Gasteiger partial charge in [0.15, 0.2) is 12.7 Å². The molecule has 0 unspecified atom stereocenters. The van der Waals surface area contributed by atoms with E-state index in [1.807, 2.05) is 0 Å². The van der Waals surface area contributed by atoms with Crippen LogP contribution in [0.2, 0.25) is 5.15 Å². The monoisotopic (exact) mass is 315 g/mol. The second-order valence-electron chi connectivity index (χ2n) is 4.04. The fourth-order valence-corrected chi connectivity index (χ4v) is 2.13. The number of hydrogen-bond donors (Lipinski definition) is 1. The van der Waals surface area contributed by atoms with Gasteiger partial charge < -0.3 is 0 Å². The molecule has 0 bridgehead atoms. The molecule has 2 aromatic heterocycles. The highest BCUT2D eigenvalue weighted by atomic mass is 35.5. The molecule has 20 heavy (non-hydrogen) atoms. The van der Waals surface area contributed by atoms with E-state index in [2.05, 4.69) is 15.1 Å². The van der Waals surface area contributed by atoms with Crippen LogP contribution in [0, 0.1) is 0 Å². The van der Waals surface area contributed by atoms with Gasteiger partial charge in [0.25, 0.3) is 10.1 Å². The Kier molecular flexibility index (Phi) is 4.58. The molecule has 2 rings (SSSR count). The molecule has 0 aliphatic rings. The summed E-state index contributed by atoms with van der Waals surface area (Å²) in [7, 11) is -3.92. The summed E-state index contributed by atoms with van der Waals surface area (Å²) in [5, 5.41) is 4.45. The Labute approximate surface area is 121 Å². The zero-order chi connectivity index (χ0) is 14.6. The molecular formula is C11H12ClN4O3S+. The normalized spacial score (nSPS) is 11.5. The van der Waals surface area contributed by atoms with Crippen molar-refractivity contribution in [2.24, 2.45) is 0 Å². The molecule has 1 N–H and O–H groups in total. The highest BCUT2D eigenvalue weighted by molar-refractivity contribution is 7.85. The highest BCUT2D eigenvalue weighted by Crippen LogP contribution is 2.13. The first-order valence-electron chi connectivity index (χ1n) is 5.73. The maximum absolute atomic E-state index is 10.6. The Morgan fingerprint density at radius 3 is 2.60 bits per heavy atom. The maximum atomic E-state index is 10.6. The van der Waals surface area contributed by atoms with Crippen LogP contribution in [0.1, 0.15) is 6.42 Å². The Balaban J connectivity index is 2.01. The second kappa shape index (κ2) is 6.21. The molecule has 2 aromatic rings. The van der Waals surface area contributed by atoms with E-state index >= 15 is 0 Å². The lowest BCUT2D eigenvalue weighted by Crippen LogP contribution is -2.38. The average molecular weight is 316 g/mol. The van der Waals surface area contributed by atoms with Gasteiger partial charge in [0.2, 0.25) is 0 Å². The predicted octanol–water partition coefficient (Wildman–Crippen LogP) is 0.757. The summed E-state index contributed by atoms with van der Waals surface area (Å²) in [6.45, 7) is 0.395. The molecule has 0 aliphatic carbocycles. The third-order valence-electron chi connectivity index (χ3n) is 2.48. The van der Waals surface area contributed by atoms with E-state index in [9.17, 15) is 8.42 Å². The van der Waals surface area contributed by atoms with Crippen molar-refractivity contribution in [2.45, 2.75) is 13.0 Å². The summed E-state index contributed by atoms with van der Waals surface area (Å²) in [5.74, 6) is -0.286. The SMILES string of the molecule is O=S(=O)(O)CCC[n+]1ccc(-c2cnc(Cl)cn2)cn1. The fraction of sp³-hybridized carbons (Fsp3) is 0.273. The molecule has 106 valence electrons. The lowest BCUT2D eigenvalue weighted by Gasteiger charge is -1.98. The number of aryl methyl sites for hydroxylation is 1. The van der Waals surface area contributed by atoms with Gasteiger partial charge in [-0.2, -0.15) is 8.42 Å². The Morgan fingerprint density at radius 2 is 2.05 bits per heavy atom. The number of rotatable bonds is 5. The van der Waals surface area contributed by atoms with E-state index in [-0.39, 0.29) is 12.2 Å². The zero-order valence-corrected chi connectivity index (χ0v) is 11.9. The molecule has 9 heteroatoms. The van der Waals surface area contributed by atoms with Crippen LogP contribution in [-0.4, -0.2) is 33.8 Å². The van der Waals surface area contributed by atoms with Gasteiger partial charge in [-0.1, -0.05) is 16.3 Å². The molecule has 0 amide bonds. The smallest absolute Gasteiger partial charge is 0.265 e. The molecule has 0 saturated carbocycles. The van der Waals surface area contributed by atoms with Gasteiger partial charge >= 0.3 is 0 Å². The quantitative estimate of drug-likeness (QED) is 0.646. The summed E-state index contributed by atoms with van der Waals surface area (Å²) in [4.78, 5) is 8.05. The first-order valence-corrected chi connectivity index (χ1v) is 7.71. The first kappa shape index (κ1) is 14.8. The van der Waals surface area contributed by atoms with Gasteiger partial charge in [0, 0.05) is 18.1 Å². The number of halogens is 1. The predicted molar refractivity (Wildman–Crippen MR) is 71.5 cm³/mol. The van der Waals surface area contributed by atoms with Gasteiger partial charge in [-0.3, -0.25) is 9.54 Å². The van der Waals surface area contributed by atoms with Crippen molar-refractivity contribution < 1.29 is 17.7 Å². The summed E-state index contributed by atoms with van der Waals surface area (Å²) >= 11 is 5.66. The Bertz CT molecular complexity index is 674. The minimum atomic E-state index is -3.92. The molecule has 0 aromatic carbocycles. The van der Waals surface area contributed by atoms with Crippen LogP contribution in [0.15, 0.2) is 30.9 Å². The third kappa shape index (κ3) is 4.48. The van der Waals surface area contributed by atoms with Gasteiger partial charge in [0.05, 0.1) is 23.8 Å². The van der Waals surface area contributed by atoms with Crippen molar-refractivity contribution in [3.63, 3.8) is 0 Å². The number of hydrogen-bond acceptors (Lipinski definition) is 5. The minimum absolute atomic E-state index is 0.286. The van der Waals surface area contributed by atoms with Crippen molar-refractivity contribution >= 4 is 21.7 Å². The molecule has 0 aliphatic heterocycles. The molecule has 0 radical (unpaired) electrons.